The monoisotopic (exact) mass is 328 g/mol. The van der Waals surface area contributed by atoms with Crippen molar-refractivity contribution in [2.24, 2.45) is 0 Å². The molecule has 8 heteroatoms. The summed E-state index contributed by atoms with van der Waals surface area (Å²) in [6, 6.07) is 4.72. The molecule has 0 atom stereocenters. The average molecular weight is 328 g/mol. The number of halogens is 1. The van der Waals surface area contributed by atoms with E-state index in [0.29, 0.717) is 35.9 Å². The van der Waals surface area contributed by atoms with Crippen LogP contribution in [0, 0.1) is 5.82 Å². The van der Waals surface area contributed by atoms with Gasteiger partial charge in [0.05, 0.1) is 13.1 Å². The third-order valence-electron chi connectivity index (χ3n) is 3.92. The maximum atomic E-state index is 14.1. The average Bonchev–Trinajstić information content (AvgIpc) is 2.89. The quantitative estimate of drug-likeness (QED) is 0.775. The summed E-state index contributed by atoms with van der Waals surface area (Å²) in [4.78, 5) is 21.4. The van der Waals surface area contributed by atoms with Gasteiger partial charge in [0.25, 0.3) is 0 Å². The first-order valence-electron chi connectivity index (χ1n) is 7.35. The Morgan fingerprint density at radius 3 is 3.08 bits per heavy atom. The highest BCUT2D eigenvalue weighted by molar-refractivity contribution is 5.87. The molecule has 3 heterocycles. The van der Waals surface area contributed by atoms with Crippen molar-refractivity contribution in [1.82, 2.24) is 14.4 Å². The highest BCUT2D eigenvalue weighted by Crippen LogP contribution is 2.29. The number of rotatable bonds is 2. The molecule has 24 heavy (non-hydrogen) atoms. The van der Waals surface area contributed by atoms with E-state index in [0.717, 1.165) is 0 Å². The maximum Gasteiger partial charge on any atom is 0.356 e. The number of benzene rings is 1. The lowest BCUT2D eigenvalue weighted by Gasteiger charge is -2.21. The van der Waals surface area contributed by atoms with E-state index in [1.54, 1.807) is 28.9 Å². The van der Waals surface area contributed by atoms with Gasteiger partial charge in [-0.2, -0.15) is 0 Å². The molecule has 0 unspecified atom stereocenters. The Morgan fingerprint density at radius 2 is 2.25 bits per heavy atom. The zero-order chi connectivity index (χ0) is 16.7. The van der Waals surface area contributed by atoms with Gasteiger partial charge >= 0.3 is 5.97 Å². The summed E-state index contributed by atoms with van der Waals surface area (Å²) in [5, 5.41) is 9.12. The van der Waals surface area contributed by atoms with Crippen LogP contribution in [0.15, 0.2) is 36.8 Å². The van der Waals surface area contributed by atoms with Crippen molar-refractivity contribution in [3.63, 3.8) is 0 Å². The lowest BCUT2D eigenvalue weighted by Crippen LogP contribution is -2.27. The molecule has 2 aromatic heterocycles. The Bertz CT molecular complexity index is 940. The molecule has 0 spiro atoms. The zero-order valence-corrected chi connectivity index (χ0v) is 12.5. The number of carboxylic acid groups (broad SMARTS) is 1. The number of hydrogen-bond acceptors (Lipinski definition) is 5. The number of fused-ring (bicyclic) bond motifs is 2. The zero-order valence-electron chi connectivity index (χ0n) is 12.5. The lowest BCUT2D eigenvalue weighted by atomic mass is 10.2. The summed E-state index contributed by atoms with van der Waals surface area (Å²) in [5.74, 6) is -0.454. The minimum atomic E-state index is -1.11. The third kappa shape index (κ3) is 2.32. The van der Waals surface area contributed by atoms with Crippen molar-refractivity contribution in [2.45, 2.75) is 6.54 Å². The molecule has 1 aromatic carbocycles. The second-order valence-electron chi connectivity index (χ2n) is 5.40. The highest BCUT2D eigenvalue weighted by Gasteiger charge is 2.22. The second-order valence-corrected chi connectivity index (χ2v) is 5.40. The Morgan fingerprint density at radius 1 is 1.38 bits per heavy atom. The lowest BCUT2D eigenvalue weighted by molar-refractivity contribution is 0.0691. The summed E-state index contributed by atoms with van der Waals surface area (Å²) < 4.78 is 21.3. The van der Waals surface area contributed by atoms with Gasteiger partial charge in [0, 0.05) is 24.2 Å². The molecular formula is C16H13FN4O3. The number of carbonyl (C=O) groups is 1. The fraction of sp³-hybridized carbons (Fsp3) is 0.188. The number of carboxylic acids is 1. The summed E-state index contributed by atoms with van der Waals surface area (Å²) in [6.07, 6.45) is 4.61. The molecule has 0 aliphatic carbocycles. The van der Waals surface area contributed by atoms with E-state index >= 15 is 0 Å². The van der Waals surface area contributed by atoms with Crippen molar-refractivity contribution >= 4 is 17.4 Å². The van der Waals surface area contributed by atoms with Crippen LogP contribution < -0.4 is 9.64 Å². The minimum Gasteiger partial charge on any atom is -0.491 e. The first-order chi connectivity index (χ1) is 11.6. The van der Waals surface area contributed by atoms with Crippen LogP contribution in [0.4, 0.5) is 10.2 Å². The summed E-state index contributed by atoms with van der Waals surface area (Å²) in [5.41, 5.74) is 0.792. The Hall–Kier alpha value is -3.16. The first-order valence-corrected chi connectivity index (χ1v) is 7.35. The Kier molecular flexibility index (Phi) is 3.30. The van der Waals surface area contributed by atoms with Gasteiger partial charge in [-0.1, -0.05) is 6.07 Å². The van der Waals surface area contributed by atoms with E-state index in [1.807, 2.05) is 4.90 Å². The van der Waals surface area contributed by atoms with Crippen LogP contribution in [-0.2, 0) is 6.54 Å². The number of imidazole rings is 1. The van der Waals surface area contributed by atoms with Crippen LogP contribution in [0.1, 0.15) is 16.1 Å². The fourth-order valence-corrected chi connectivity index (χ4v) is 2.78. The van der Waals surface area contributed by atoms with E-state index in [9.17, 15) is 9.18 Å². The Labute approximate surface area is 135 Å². The minimum absolute atomic E-state index is 0.0677. The van der Waals surface area contributed by atoms with E-state index in [-0.39, 0.29) is 18.1 Å². The van der Waals surface area contributed by atoms with E-state index in [4.69, 9.17) is 9.84 Å². The molecular weight excluding hydrogens is 315 g/mol. The standard InChI is InChI=1S/C16H13FN4O3/c17-11-2-1-3-13-10(11)8-21(6-7-24-13)14-15-19-12(16(22)23)9-20(15)5-4-18-14/h1-5,9H,6-8H2,(H,22,23). The predicted molar refractivity (Wildman–Crippen MR) is 82.9 cm³/mol. The van der Waals surface area contributed by atoms with Crippen LogP contribution in [-0.4, -0.2) is 38.6 Å². The molecule has 122 valence electrons. The van der Waals surface area contributed by atoms with Gasteiger partial charge in [-0.15, -0.1) is 0 Å². The summed E-state index contributed by atoms with van der Waals surface area (Å²) in [6.45, 7) is 1.12. The van der Waals surface area contributed by atoms with Crippen LogP contribution in [0.5, 0.6) is 5.75 Å². The number of anilines is 1. The molecule has 1 aliphatic heterocycles. The van der Waals surface area contributed by atoms with Gasteiger partial charge in [0.15, 0.2) is 17.2 Å². The molecule has 1 aliphatic rings. The molecule has 0 saturated carbocycles. The van der Waals surface area contributed by atoms with Gasteiger partial charge in [-0.3, -0.25) is 0 Å². The van der Waals surface area contributed by atoms with Crippen LogP contribution >= 0.6 is 0 Å². The van der Waals surface area contributed by atoms with Crippen molar-refractivity contribution < 1.29 is 19.0 Å². The normalized spacial score (nSPS) is 14.1. The SMILES string of the molecule is O=C(O)c1cn2ccnc(N3CCOc4cccc(F)c4C3)c2n1. The fourth-order valence-electron chi connectivity index (χ4n) is 2.78. The second kappa shape index (κ2) is 5.48. The van der Waals surface area contributed by atoms with Crippen molar-refractivity contribution in [3.8, 4) is 5.75 Å². The van der Waals surface area contributed by atoms with Crippen LogP contribution in [0.3, 0.4) is 0 Å². The van der Waals surface area contributed by atoms with Crippen LogP contribution in [0.2, 0.25) is 0 Å². The molecule has 3 aromatic rings. The van der Waals surface area contributed by atoms with Gasteiger partial charge in [-0.25, -0.2) is 19.2 Å². The van der Waals surface area contributed by atoms with Crippen molar-refractivity contribution in [2.75, 3.05) is 18.1 Å². The first kappa shape index (κ1) is 14.4. The largest absolute Gasteiger partial charge is 0.491 e. The summed E-state index contributed by atoms with van der Waals surface area (Å²) >= 11 is 0. The smallest absolute Gasteiger partial charge is 0.356 e. The van der Waals surface area contributed by atoms with E-state index in [2.05, 4.69) is 9.97 Å². The number of nitrogens with zero attached hydrogens (tertiary/aromatic N) is 4. The van der Waals surface area contributed by atoms with Gasteiger partial charge in [0.1, 0.15) is 18.2 Å². The third-order valence-corrected chi connectivity index (χ3v) is 3.92. The predicted octanol–water partition coefficient (Wildman–Crippen LogP) is 1.97. The molecule has 0 radical (unpaired) electrons. The molecule has 0 amide bonds. The molecule has 0 bridgehead atoms. The molecule has 0 fully saturated rings. The number of ether oxygens (including phenoxy) is 1. The number of aromatic carboxylic acids is 1. The van der Waals surface area contributed by atoms with Gasteiger partial charge < -0.3 is 19.1 Å². The Balaban J connectivity index is 1.80. The molecule has 7 nitrogen and oxygen atoms in total. The van der Waals surface area contributed by atoms with Crippen molar-refractivity contribution in [3.05, 3.63) is 53.9 Å². The summed E-state index contributed by atoms with van der Waals surface area (Å²) in [7, 11) is 0. The molecule has 1 N–H and O–H groups in total. The van der Waals surface area contributed by atoms with Crippen LogP contribution in [0.25, 0.3) is 5.65 Å². The molecule has 4 rings (SSSR count). The van der Waals surface area contributed by atoms with Gasteiger partial charge in [-0.05, 0) is 12.1 Å². The van der Waals surface area contributed by atoms with E-state index in [1.165, 1.54) is 12.3 Å². The van der Waals surface area contributed by atoms with Crippen molar-refractivity contribution in [1.29, 1.82) is 0 Å². The topological polar surface area (TPSA) is 80.0 Å². The van der Waals surface area contributed by atoms with E-state index < -0.39 is 5.97 Å². The molecule has 0 saturated heterocycles. The number of aromatic nitrogens is 3. The maximum absolute atomic E-state index is 14.1. The number of hydrogen-bond donors (Lipinski definition) is 1. The highest BCUT2D eigenvalue weighted by atomic mass is 19.1. The van der Waals surface area contributed by atoms with Gasteiger partial charge in [0.2, 0.25) is 0 Å².